The Labute approximate surface area is 151 Å². The van der Waals surface area contributed by atoms with Gasteiger partial charge in [0.2, 0.25) is 5.91 Å². The molecule has 1 heterocycles. The average Bonchev–Trinajstić information content (AvgIpc) is 2.52. The van der Waals surface area contributed by atoms with E-state index in [9.17, 15) is 4.79 Å². The summed E-state index contributed by atoms with van der Waals surface area (Å²) in [4.78, 5) is 12.4. The van der Waals surface area contributed by atoms with Gasteiger partial charge in [-0.05, 0) is 30.7 Å². The zero-order valence-electron chi connectivity index (χ0n) is 15.2. The fourth-order valence-electron chi connectivity index (χ4n) is 3.28. The summed E-state index contributed by atoms with van der Waals surface area (Å²) in [6, 6.07) is 7.18. The smallest absolute Gasteiger partial charge is 0.241 e. The number of ether oxygens (including phenoxy) is 1. The van der Waals surface area contributed by atoms with Crippen LogP contribution in [-0.2, 0) is 9.53 Å². The number of nitrogens with one attached hydrogen (secondary N) is 1. The zero-order chi connectivity index (χ0) is 17.0. The Morgan fingerprint density at radius 3 is 2.54 bits per heavy atom. The van der Waals surface area contributed by atoms with Crippen LogP contribution in [0.15, 0.2) is 24.3 Å². The molecule has 136 valence electrons. The van der Waals surface area contributed by atoms with Gasteiger partial charge in [0.15, 0.2) is 0 Å². The third-order valence-corrected chi connectivity index (χ3v) is 4.56. The maximum Gasteiger partial charge on any atom is 0.241 e. The highest BCUT2D eigenvalue weighted by molar-refractivity contribution is 5.85. The summed E-state index contributed by atoms with van der Waals surface area (Å²) in [7, 11) is 0. The van der Waals surface area contributed by atoms with E-state index in [1.807, 2.05) is 31.2 Å². The second-order valence-electron chi connectivity index (χ2n) is 7.69. The van der Waals surface area contributed by atoms with Crippen molar-refractivity contribution in [2.75, 3.05) is 13.2 Å². The first-order valence-corrected chi connectivity index (χ1v) is 8.50. The summed E-state index contributed by atoms with van der Waals surface area (Å²) >= 11 is 0. The van der Waals surface area contributed by atoms with Crippen LogP contribution in [-0.4, -0.2) is 25.2 Å². The van der Waals surface area contributed by atoms with Gasteiger partial charge in [0, 0.05) is 19.1 Å². The van der Waals surface area contributed by atoms with Crippen molar-refractivity contribution in [3.63, 3.8) is 0 Å². The van der Waals surface area contributed by atoms with Crippen LogP contribution in [0.5, 0.6) is 0 Å². The summed E-state index contributed by atoms with van der Waals surface area (Å²) in [6.45, 7) is 10.0. The number of amides is 1. The number of nitrogens with two attached hydrogens (primary N) is 1. The fourth-order valence-corrected chi connectivity index (χ4v) is 3.28. The summed E-state index contributed by atoms with van der Waals surface area (Å²) in [5.74, 6) is 0.227. The van der Waals surface area contributed by atoms with Gasteiger partial charge in [-0.2, -0.15) is 0 Å². The number of aryl methyl sites for hydroxylation is 1. The van der Waals surface area contributed by atoms with E-state index in [2.05, 4.69) is 26.1 Å². The van der Waals surface area contributed by atoms with Crippen LogP contribution in [0.1, 0.15) is 50.8 Å². The van der Waals surface area contributed by atoms with Crippen molar-refractivity contribution in [3.8, 4) is 0 Å². The van der Waals surface area contributed by atoms with E-state index < -0.39 is 6.04 Å². The van der Waals surface area contributed by atoms with E-state index in [0.717, 1.165) is 30.6 Å². The number of rotatable bonds is 4. The van der Waals surface area contributed by atoms with Gasteiger partial charge in [-0.25, -0.2) is 0 Å². The Morgan fingerprint density at radius 2 is 1.96 bits per heavy atom. The summed E-state index contributed by atoms with van der Waals surface area (Å²) < 4.78 is 5.96. The standard InChI is InChI=1S/C19H30N2O2.ClH/c1-13-7-9-14(10-8-13)16(20)18(22)21-12-15-6-5-11-23-17(15)19(2,3)4;/h7-10,15-17H,5-6,11-12,20H2,1-4H3,(H,21,22);1H. The molecule has 0 saturated carbocycles. The predicted molar refractivity (Wildman–Crippen MR) is 100 cm³/mol. The average molecular weight is 355 g/mol. The minimum atomic E-state index is -0.617. The molecular formula is C19H31ClN2O2. The van der Waals surface area contributed by atoms with E-state index in [1.54, 1.807) is 0 Å². The highest BCUT2D eigenvalue weighted by atomic mass is 35.5. The maximum atomic E-state index is 12.4. The first-order chi connectivity index (χ1) is 10.8. The van der Waals surface area contributed by atoms with Gasteiger partial charge < -0.3 is 15.8 Å². The van der Waals surface area contributed by atoms with Crippen molar-refractivity contribution >= 4 is 18.3 Å². The molecule has 0 radical (unpaired) electrons. The van der Waals surface area contributed by atoms with Gasteiger partial charge in [-0.3, -0.25) is 4.79 Å². The Bertz CT molecular complexity index is 525. The summed E-state index contributed by atoms with van der Waals surface area (Å²) in [5.41, 5.74) is 8.17. The molecule has 3 N–H and O–H groups in total. The molecule has 24 heavy (non-hydrogen) atoms. The molecule has 1 aromatic carbocycles. The number of benzene rings is 1. The van der Waals surface area contributed by atoms with E-state index >= 15 is 0 Å². The quantitative estimate of drug-likeness (QED) is 0.871. The lowest BCUT2D eigenvalue weighted by atomic mass is 9.78. The molecule has 1 aliphatic heterocycles. The Morgan fingerprint density at radius 1 is 1.33 bits per heavy atom. The van der Waals surface area contributed by atoms with Crippen molar-refractivity contribution in [1.82, 2.24) is 5.32 Å². The number of carbonyl (C=O) groups is 1. The van der Waals surface area contributed by atoms with Crippen LogP contribution >= 0.6 is 12.4 Å². The molecule has 2 rings (SSSR count). The van der Waals surface area contributed by atoms with Crippen LogP contribution in [0.25, 0.3) is 0 Å². The highest BCUT2D eigenvalue weighted by Gasteiger charge is 2.35. The molecule has 0 spiro atoms. The van der Waals surface area contributed by atoms with Crippen LogP contribution in [0.3, 0.4) is 0 Å². The van der Waals surface area contributed by atoms with Crippen molar-refractivity contribution in [2.24, 2.45) is 17.1 Å². The Balaban J connectivity index is 0.00000288. The van der Waals surface area contributed by atoms with Crippen LogP contribution in [0.2, 0.25) is 0 Å². The number of halogens is 1. The third-order valence-electron chi connectivity index (χ3n) is 4.56. The topological polar surface area (TPSA) is 64.4 Å². The molecule has 3 atom stereocenters. The van der Waals surface area contributed by atoms with Gasteiger partial charge in [0.05, 0.1) is 6.10 Å². The van der Waals surface area contributed by atoms with Gasteiger partial charge >= 0.3 is 0 Å². The molecule has 0 bridgehead atoms. The normalized spacial score (nSPS) is 22.4. The third kappa shape index (κ3) is 5.47. The van der Waals surface area contributed by atoms with Gasteiger partial charge in [-0.15, -0.1) is 12.4 Å². The minimum Gasteiger partial charge on any atom is -0.377 e. The molecule has 1 aliphatic rings. The van der Waals surface area contributed by atoms with E-state index in [-0.39, 0.29) is 29.8 Å². The maximum absolute atomic E-state index is 12.4. The first-order valence-electron chi connectivity index (χ1n) is 8.50. The number of hydrogen-bond donors (Lipinski definition) is 2. The monoisotopic (exact) mass is 354 g/mol. The first kappa shape index (κ1) is 20.9. The molecule has 1 amide bonds. The SMILES string of the molecule is Cc1ccc(C(N)C(=O)NCC2CCCOC2C(C)(C)C)cc1.Cl. The Hall–Kier alpha value is -1.10. The van der Waals surface area contributed by atoms with Crippen LogP contribution in [0.4, 0.5) is 0 Å². The van der Waals surface area contributed by atoms with Crippen LogP contribution in [0, 0.1) is 18.3 Å². The Kier molecular flexibility index (Phi) is 7.71. The molecule has 0 aliphatic carbocycles. The van der Waals surface area contributed by atoms with Gasteiger partial charge in [0.1, 0.15) is 6.04 Å². The highest BCUT2D eigenvalue weighted by Crippen LogP contribution is 2.33. The second kappa shape index (κ2) is 8.84. The number of hydrogen-bond acceptors (Lipinski definition) is 3. The van der Waals surface area contributed by atoms with Crippen molar-refractivity contribution in [2.45, 2.75) is 52.7 Å². The van der Waals surface area contributed by atoms with E-state index in [4.69, 9.17) is 10.5 Å². The zero-order valence-corrected chi connectivity index (χ0v) is 16.0. The molecule has 0 aromatic heterocycles. The van der Waals surface area contributed by atoms with Gasteiger partial charge in [-0.1, -0.05) is 50.6 Å². The van der Waals surface area contributed by atoms with E-state index in [1.165, 1.54) is 0 Å². The lowest BCUT2D eigenvalue weighted by Crippen LogP contribution is -2.46. The second-order valence-corrected chi connectivity index (χ2v) is 7.69. The lowest BCUT2D eigenvalue weighted by molar-refractivity contribution is -0.124. The number of carbonyl (C=O) groups excluding carboxylic acids is 1. The minimum absolute atomic E-state index is 0. The largest absolute Gasteiger partial charge is 0.377 e. The van der Waals surface area contributed by atoms with Crippen molar-refractivity contribution in [1.29, 1.82) is 0 Å². The van der Waals surface area contributed by atoms with Gasteiger partial charge in [0.25, 0.3) is 0 Å². The molecule has 4 nitrogen and oxygen atoms in total. The van der Waals surface area contributed by atoms with Crippen molar-refractivity contribution in [3.05, 3.63) is 35.4 Å². The van der Waals surface area contributed by atoms with E-state index in [0.29, 0.717) is 12.5 Å². The molecule has 5 heteroatoms. The predicted octanol–water partition coefficient (Wildman–Crippen LogP) is 3.37. The molecular weight excluding hydrogens is 324 g/mol. The lowest BCUT2D eigenvalue weighted by Gasteiger charge is -2.40. The molecule has 1 saturated heterocycles. The summed E-state index contributed by atoms with van der Waals surface area (Å²) in [6.07, 6.45) is 2.31. The van der Waals surface area contributed by atoms with Crippen molar-refractivity contribution < 1.29 is 9.53 Å². The van der Waals surface area contributed by atoms with Crippen LogP contribution < -0.4 is 11.1 Å². The molecule has 3 unspecified atom stereocenters. The summed E-state index contributed by atoms with van der Waals surface area (Å²) in [5, 5.41) is 3.02. The molecule has 1 fully saturated rings. The fraction of sp³-hybridized carbons (Fsp3) is 0.632. The molecule has 1 aromatic rings.